The number of carbonyl (C=O) groups excluding carboxylic acids is 2. The average molecular weight is 380 g/mol. The molecule has 2 saturated heterocycles. The van der Waals surface area contributed by atoms with Crippen molar-refractivity contribution >= 4 is 29.1 Å². The van der Waals surface area contributed by atoms with Crippen LogP contribution in [0, 0.1) is 6.92 Å². The second-order valence-corrected chi connectivity index (χ2v) is 7.24. The van der Waals surface area contributed by atoms with Crippen LogP contribution in [-0.4, -0.2) is 59.1 Å². The molecule has 0 bridgehead atoms. The van der Waals surface area contributed by atoms with Gasteiger partial charge in [-0.2, -0.15) is 0 Å². The third-order valence-electron chi connectivity index (χ3n) is 5.18. The molecule has 1 aromatic carbocycles. The zero-order chi connectivity index (χ0) is 19.5. The minimum Gasteiger partial charge on any atom is -0.352 e. The number of benzene rings is 1. The summed E-state index contributed by atoms with van der Waals surface area (Å²) < 4.78 is 0. The molecule has 8 nitrogen and oxygen atoms in total. The second-order valence-electron chi connectivity index (χ2n) is 7.24. The SMILES string of the molecule is Cc1ccc(Nc2ccc(N3CCN(C(=O)[C@@H]4CCC(=O)N4)CC3)nn2)cc1. The molecule has 2 aliphatic heterocycles. The highest BCUT2D eigenvalue weighted by Gasteiger charge is 2.32. The van der Waals surface area contributed by atoms with Crippen molar-refractivity contribution in [2.24, 2.45) is 0 Å². The van der Waals surface area contributed by atoms with Crippen LogP contribution >= 0.6 is 0 Å². The first kappa shape index (κ1) is 18.2. The fourth-order valence-electron chi connectivity index (χ4n) is 3.52. The highest BCUT2D eigenvalue weighted by molar-refractivity contribution is 5.90. The molecule has 28 heavy (non-hydrogen) atoms. The number of carbonyl (C=O) groups is 2. The summed E-state index contributed by atoms with van der Waals surface area (Å²) >= 11 is 0. The lowest BCUT2D eigenvalue weighted by Gasteiger charge is -2.36. The topological polar surface area (TPSA) is 90.5 Å². The lowest BCUT2D eigenvalue weighted by Crippen LogP contribution is -2.53. The first-order valence-corrected chi connectivity index (χ1v) is 9.59. The van der Waals surface area contributed by atoms with E-state index in [4.69, 9.17) is 0 Å². The van der Waals surface area contributed by atoms with E-state index in [1.165, 1.54) is 5.56 Å². The van der Waals surface area contributed by atoms with E-state index < -0.39 is 0 Å². The van der Waals surface area contributed by atoms with Crippen molar-refractivity contribution in [1.82, 2.24) is 20.4 Å². The molecule has 146 valence electrons. The van der Waals surface area contributed by atoms with Crippen LogP contribution in [0.4, 0.5) is 17.3 Å². The molecule has 0 aliphatic carbocycles. The largest absolute Gasteiger partial charge is 0.352 e. The maximum atomic E-state index is 12.5. The summed E-state index contributed by atoms with van der Waals surface area (Å²) in [4.78, 5) is 27.8. The maximum Gasteiger partial charge on any atom is 0.245 e. The summed E-state index contributed by atoms with van der Waals surface area (Å²) in [6.07, 6.45) is 1.04. The van der Waals surface area contributed by atoms with Crippen LogP contribution in [0.25, 0.3) is 0 Å². The van der Waals surface area contributed by atoms with Gasteiger partial charge in [0, 0.05) is 38.3 Å². The van der Waals surface area contributed by atoms with Crippen LogP contribution in [0.1, 0.15) is 18.4 Å². The number of anilines is 3. The molecule has 8 heteroatoms. The van der Waals surface area contributed by atoms with Crippen molar-refractivity contribution in [2.45, 2.75) is 25.8 Å². The van der Waals surface area contributed by atoms with E-state index in [1.807, 2.05) is 41.3 Å². The molecule has 0 saturated carbocycles. The zero-order valence-corrected chi connectivity index (χ0v) is 15.9. The molecule has 1 atom stereocenters. The van der Waals surface area contributed by atoms with E-state index in [1.54, 1.807) is 0 Å². The van der Waals surface area contributed by atoms with Gasteiger partial charge in [-0.3, -0.25) is 9.59 Å². The number of rotatable bonds is 4. The Hall–Kier alpha value is -3.16. The van der Waals surface area contributed by atoms with Crippen molar-refractivity contribution in [3.63, 3.8) is 0 Å². The van der Waals surface area contributed by atoms with E-state index in [9.17, 15) is 9.59 Å². The van der Waals surface area contributed by atoms with Gasteiger partial charge < -0.3 is 20.4 Å². The standard InChI is InChI=1S/C20H24N6O2/c1-14-2-4-15(5-3-14)21-17-7-8-18(24-23-17)25-10-12-26(13-11-25)20(28)16-6-9-19(27)22-16/h2-5,7-8,16H,6,9-13H2,1H3,(H,21,23)(H,22,27)/t16-/m0/s1. The molecule has 0 radical (unpaired) electrons. The quantitative estimate of drug-likeness (QED) is 0.835. The van der Waals surface area contributed by atoms with Gasteiger partial charge in [0.1, 0.15) is 6.04 Å². The van der Waals surface area contributed by atoms with Crippen LogP contribution in [0.15, 0.2) is 36.4 Å². The molecule has 2 fully saturated rings. The van der Waals surface area contributed by atoms with E-state index in [0.29, 0.717) is 44.8 Å². The molecule has 2 N–H and O–H groups in total. The lowest BCUT2D eigenvalue weighted by atomic mass is 10.2. The second kappa shape index (κ2) is 7.84. The van der Waals surface area contributed by atoms with Crippen LogP contribution < -0.4 is 15.5 Å². The molecule has 0 spiro atoms. The molecular weight excluding hydrogens is 356 g/mol. The molecular formula is C20H24N6O2. The number of hydrogen-bond donors (Lipinski definition) is 2. The van der Waals surface area contributed by atoms with Crippen molar-refractivity contribution < 1.29 is 9.59 Å². The predicted molar refractivity (Wildman–Crippen MR) is 106 cm³/mol. The highest BCUT2D eigenvalue weighted by atomic mass is 16.2. The average Bonchev–Trinajstić information content (AvgIpc) is 3.16. The van der Waals surface area contributed by atoms with Crippen LogP contribution in [0.2, 0.25) is 0 Å². The third kappa shape index (κ3) is 4.05. The smallest absolute Gasteiger partial charge is 0.245 e. The number of aromatic nitrogens is 2. The Morgan fingerprint density at radius 2 is 1.82 bits per heavy atom. The van der Waals surface area contributed by atoms with Gasteiger partial charge in [0.05, 0.1) is 0 Å². The number of amides is 2. The molecule has 1 aromatic heterocycles. The van der Waals surface area contributed by atoms with E-state index in [2.05, 4.69) is 32.7 Å². The summed E-state index contributed by atoms with van der Waals surface area (Å²) in [5, 5.41) is 14.6. The van der Waals surface area contributed by atoms with Crippen LogP contribution in [0.3, 0.4) is 0 Å². The Balaban J connectivity index is 1.31. The van der Waals surface area contributed by atoms with Crippen molar-refractivity contribution in [1.29, 1.82) is 0 Å². The molecule has 3 heterocycles. The fourth-order valence-corrected chi connectivity index (χ4v) is 3.52. The number of aryl methyl sites for hydroxylation is 1. The Bertz CT molecular complexity index is 844. The van der Waals surface area contributed by atoms with Crippen LogP contribution in [0.5, 0.6) is 0 Å². The molecule has 0 unspecified atom stereocenters. The van der Waals surface area contributed by atoms with E-state index in [-0.39, 0.29) is 17.9 Å². The maximum absolute atomic E-state index is 12.5. The van der Waals surface area contributed by atoms with E-state index in [0.717, 1.165) is 11.5 Å². The van der Waals surface area contributed by atoms with Gasteiger partial charge in [0.2, 0.25) is 11.8 Å². The minimum absolute atomic E-state index is 0.0224. The van der Waals surface area contributed by atoms with Crippen molar-refractivity contribution in [2.75, 3.05) is 36.4 Å². The van der Waals surface area contributed by atoms with Gasteiger partial charge in [-0.15, -0.1) is 10.2 Å². The summed E-state index contributed by atoms with van der Waals surface area (Å²) in [6, 6.07) is 11.6. The number of nitrogens with one attached hydrogen (secondary N) is 2. The summed E-state index contributed by atoms with van der Waals surface area (Å²) in [5.74, 6) is 1.48. The zero-order valence-electron chi connectivity index (χ0n) is 15.9. The normalized spacial score (nSPS) is 19.5. The Morgan fingerprint density at radius 3 is 2.43 bits per heavy atom. The Kier molecular flexibility index (Phi) is 5.10. The molecule has 2 aromatic rings. The minimum atomic E-state index is -0.356. The van der Waals surface area contributed by atoms with Gasteiger partial charge in [-0.05, 0) is 37.6 Å². The van der Waals surface area contributed by atoms with Gasteiger partial charge in [-0.25, -0.2) is 0 Å². The first-order valence-electron chi connectivity index (χ1n) is 9.59. The summed E-state index contributed by atoms with van der Waals surface area (Å²) in [6.45, 7) is 4.69. The van der Waals surface area contributed by atoms with E-state index >= 15 is 0 Å². The van der Waals surface area contributed by atoms with Crippen LogP contribution in [-0.2, 0) is 9.59 Å². The van der Waals surface area contributed by atoms with Gasteiger partial charge in [0.25, 0.3) is 0 Å². The summed E-state index contributed by atoms with van der Waals surface area (Å²) in [5.41, 5.74) is 2.18. The first-order chi connectivity index (χ1) is 13.6. The Labute approximate surface area is 163 Å². The number of piperazine rings is 1. The van der Waals surface area contributed by atoms with Crippen molar-refractivity contribution in [3.05, 3.63) is 42.0 Å². The van der Waals surface area contributed by atoms with Gasteiger partial charge in [0.15, 0.2) is 11.6 Å². The monoisotopic (exact) mass is 380 g/mol. The number of hydrogen-bond acceptors (Lipinski definition) is 6. The fraction of sp³-hybridized carbons (Fsp3) is 0.400. The highest BCUT2D eigenvalue weighted by Crippen LogP contribution is 2.19. The lowest BCUT2D eigenvalue weighted by molar-refractivity contribution is -0.134. The number of nitrogens with zero attached hydrogens (tertiary/aromatic N) is 4. The molecule has 4 rings (SSSR count). The summed E-state index contributed by atoms with van der Waals surface area (Å²) in [7, 11) is 0. The van der Waals surface area contributed by atoms with Gasteiger partial charge >= 0.3 is 0 Å². The Morgan fingerprint density at radius 1 is 1.07 bits per heavy atom. The molecule has 2 aliphatic rings. The van der Waals surface area contributed by atoms with Gasteiger partial charge in [-0.1, -0.05) is 17.7 Å². The van der Waals surface area contributed by atoms with Crippen molar-refractivity contribution in [3.8, 4) is 0 Å². The predicted octanol–water partition coefficient (Wildman–Crippen LogP) is 1.46. The molecule has 2 amide bonds. The third-order valence-corrected chi connectivity index (χ3v) is 5.18.